The van der Waals surface area contributed by atoms with Crippen molar-refractivity contribution in [2.45, 2.75) is 26.4 Å². The van der Waals surface area contributed by atoms with Gasteiger partial charge in [-0.25, -0.2) is 4.98 Å². The summed E-state index contributed by atoms with van der Waals surface area (Å²) in [5.74, 6) is 1.33. The highest BCUT2D eigenvalue weighted by Gasteiger charge is 2.19. The number of nitrogens with zero attached hydrogens (tertiary/aromatic N) is 2. The van der Waals surface area contributed by atoms with Crippen LogP contribution in [0.25, 0.3) is 5.76 Å². The summed E-state index contributed by atoms with van der Waals surface area (Å²) in [5.41, 5.74) is 4.26. The highest BCUT2D eigenvalue weighted by molar-refractivity contribution is 7.14. The third-order valence-electron chi connectivity index (χ3n) is 4.79. The first-order valence-corrected chi connectivity index (χ1v) is 10.8. The second kappa shape index (κ2) is 10.6. The van der Waals surface area contributed by atoms with Crippen LogP contribution in [0, 0.1) is 0 Å². The molecule has 1 N–H and O–H groups in total. The van der Waals surface area contributed by atoms with E-state index < -0.39 is 0 Å². The number of hydrogen-bond donors (Lipinski definition) is 1. The normalized spacial score (nSPS) is 11.3. The zero-order valence-corrected chi connectivity index (χ0v) is 18.7. The lowest BCUT2D eigenvalue weighted by Crippen LogP contribution is -2.22. The van der Waals surface area contributed by atoms with Gasteiger partial charge < -0.3 is 19.5 Å². The molecule has 0 unspecified atom stereocenters. The number of aliphatic hydroxyl groups is 1. The second-order valence-electron chi connectivity index (χ2n) is 6.91. The minimum atomic E-state index is -0.145. The number of methoxy groups -OCH3 is 2. The van der Waals surface area contributed by atoms with Gasteiger partial charge in [-0.1, -0.05) is 31.2 Å². The van der Waals surface area contributed by atoms with Crippen molar-refractivity contribution in [1.29, 1.82) is 0 Å². The van der Waals surface area contributed by atoms with Gasteiger partial charge in [0.2, 0.25) is 0 Å². The summed E-state index contributed by atoms with van der Waals surface area (Å²) in [6.45, 7) is 2.95. The summed E-state index contributed by atoms with van der Waals surface area (Å²) in [6.07, 6.45) is 1.57. The predicted octanol–water partition coefficient (Wildman–Crippen LogP) is 5.25. The molecule has 1 aromatic heterocycles. The van der Waals surface area contributed by atoms with E-state index in [4.69, 9.17) is 9.47 Å². The fraction of sp³-hybridized carbons (Fsp3) is 0.250. The maximum Gasteiger partial charge on any atom is 0.159 e. The molecule has 7 heteroatoms. The molecule has 0 bridgehead atoms. The number of ether oxygens (including phenoxy) is 2. The van der Waals surface area contributed by atoms with Crippen LogP contribution in [0.2, 0.25) is 0 Å². The molecule has 0 aliphatic carbocycles. The number of rotatable bonds is 10. The molecule has 0 radical (unpaired) electrons. The first-order valence-electron chi connectivity index (χ1n) is 9.92. The van der Waals surface area contributed by atoms with E-state index in [0.29, 0.717) is 25.2 Å². The van der Waals surface area contributed by atoms with Gasteiger partial charge in [-0.2, -0.15) is 0 Å². The largest absolute Gasteiger partial charge is 0.505 e. The van der Waals surface area contributed by atoms with Crippen molar-refractivity contribution in [2.75, 3.05) is 19.1 Å². The van der Waals surface area contributed by atoms with Crippen LogP contribution < -0.4 is 14.4 Å². The van der Waals surface area contributed by atoms with E-state index in [9.17, 15) is 9.90 Å². The van der Waals surface area contributed by atoms with Crippen LogP contribution in [0.5, 0.6) is 11.5 Å². The zero-order valence-electron chi connectivity index (χ0n) is 17.9. The van der Waals surface area contributed by atoms with E-state index in [0.717, 1.165) is 27.6 Å². The molecule has 2 aromatic carbocycles. The average Bonchev–Trinajstić information content (AvgIpc) is 3.29. The van der Waals surface area contributed by atoms with Crippen LogP contribution in [-0.2, 0) is 17.9 Å². The SMILES string of the molecule is CCC(=O)C=C(O)c1ncsc1N(Cc1ccc(OC)cc1)Cc1ccc(OC)cc1. The highest BCUT2D eigenvalue weighted by atomic mass is 32.1. The van der Waals surface area contributed by atoms with Gasteiger partial charge in [-0.05, 0) is 35.4 Å². The molecule has 1 heterocycles. The number of carbonyl (C=O) groups is 1. The minimum Gasteiger partial charge on any atom is -0.505 e. The molecular formula is C24H26N2O4S. The van der Waals surface area contributed by atoms with Crippen LogP contribution in [0.3, 0.4) is 0 Å². The number of ketones is 1. The Morgan fingerprint density at radius 1 is 1.00 bits per heavy atom. The summed E-state index contributed by atoms with van der Waals surface area (Å²) in [4.78, 5) is 18.3. The summed E-state index contributed by atoms with van der Waals surface area (Å²) < 4.78 is 10.5. The number of thiazole rings is 1. The Morgan fingerprint density at radius 3 is 1.97 bits per heavy atom. The molecular weight excluding hydrogens is 412 g/mol. The standard InChI is InChI=1S/C24H26N2O4S/c1-4-19(27)13-22(28)23-24(31-16-25-23)26(14-17-5-9-20(29-2)10-6-17)15-18-7-11-21(30-3)12-8-18/h5-13,16,28H,4,14-15H2,1-3H3. The predicted molar refractivity (Wildman–Crippen MR) is 124 cm³/mol. The van der Waals surface area contributed by atoms with Gasteiger partial charge in [-0.3, -0.25) is 4.79 Å². The van der Waals surface area contributed by atoms with Gasteiger partial charge in [0.15, 0.2) is 5.78 Å². The Balaban J connectivity index is 1.94. The molecule has 162 valence electrons. The molecule has 0 amide bonds. The maximum absolute atomic E-state index is 11.8. The van der Waals surface area contributed by atoms with E-state index >= 15 is 0 Å². The fourth-order valence-electron chi connectivity index (χ4n) is 3.07. The maximum atomic E-state index is 11.8. The number of anilines is 1. The smallest absolute Gasteiger partial charge is 0.159 e. The van der Waals surface area contributed by atoms with Gasteiger partial charge in [0.05, 0.1) is 19.7 Å². The van der Waals surface area contributed by atoms with Crippen molar-refractivity contribution in [3.05, 3.63) is 76.9 Å². The monoisotopic (exact) mass is 438 g/mol. The number of benzene rings is 2. The van der Waals surface area contributed by atoms with E-state index in [1.54, 1.807) is 26.7 Å². The Morgan fingerprint density at radius 2 is 1.52 bits per heavy atom. The Kier molecular flexibility index (Phi) is 7.67. The third kappa shape index (κ3) is 5.86. The van der Waals surface area contributed by atoms with Crippen molar-refractivity contribution in [1.82, 2.24) is 4.98 Å². The van der Waals surface area contributed by atoms with Crippen molar-refractivity contribution >= 4 is 27.9 Å². The van der Waals surface area contributed by atoms with Gasteiger partial charge in [0.1, 0.15) is 28.0 Å². The summed E-state index contributed by atoms with van der Waals surface area (Å²) in [7, 11) is 3.28. The molecule has 3 aromatic rings. The second-order valence-corrected chi connectivity index (χ2v) is 7.74. The summed E-state index contributed by atoms with van der Waals surface area (Å²) >= 11 is 1.43. The quantitative estimate of drug-likeness (QED) is 0.345. The molecule has 0 aliphatic heterocycles. The molecule has 0 aliphatic rings. The third-order valence-corrected chi connectivity index (χ3v) is 5.68. The Hall–Kier alpha value is -3.32. The van der Waals surface area contributed by atoms with Gasteiger partial charge in [-0.15, -0.1) is 11.3 Å². The zero-order chi connectivity index (χ0) is 22.2. The first kappa shape index (κ1) is 22.4. The van der Waals surface area contributed by atoms with Crippen molar-refractivity contribution in [3.8, 4) is 11.5 Å². The first-order chi connectivity index (χ1) is 15.0. The molecule has 3 rings (SSSR count). The van der Waals surface area contributed by atoms with Crippen molar-refractivity contribution < 1.29 is 19.4 Å². The summed E-state index contributed by atoms with van der Waals surface area (Å²) in [6, 6.07) is 15.7. The van der Waals surface area contributed by atoms with E-state index in [-0.39, 0.29) is 11.5 Å². The van der Waals surface area contributed by atoms with E-state index in [1.807, 2.05) is 48.5 Å². The molecule has 0 saturated heterocycles. The number of aliphatic hydroxyl groups excluding tert-OH is 1. The Bertz CT molecular complexity index is 977. The average molecular weight is 439 g/mol. The van der Waals surface area contributed by atoms with Crippen molar-refractivity contribution in [3.63, 3.8) is 0 Å². The number of aromatic nitrogens is 1. The van der Waals surface area contributed by atoms with Crippen LogP contribution in [0.4, 0.5) is 5.00 Å². The molecule has 0 atom stereocenters. The van der Waals surface area contributed by atoms with Gasteiger partial charge >= 0.3 is 0 Å². The summed E-state index contributed by atoms with van der Waals surface area (Å²) in [5, 5.41) is 11.3. The molecule has 0 saturated carbocycles. The number of hydrogen-bond acceptors (Lipinski definition) is 7. The van der Waals surface area contributed by atoms with Crippen LogP contribution in [0.1, 0.15) is 30.2 Å². The molecule has 6 nitrogen and oxygen atoms in total. The van der Waals surface area contributed by atoms with Crippen LogP contribution >= 0.6 is 11.3 Å². The van der Waals surface area contributed by atoms with Crippen LogP contribution in [0.15, 0.2) is 60.1 Å². The lowest BCUT2D eigenvalue weighted by atomic mass is 10.1. The van der Waals surface area contributed by atoms with E-state index in [2.05, 4.69) is 9.88 Å². The van der Waals surface area contributed by atoms with Crippen molar-refractivity contribution in [2.24, 2.45) is 0 Å². The van der Waals surface area contributed by atoms with Crippen LogP contribution in [-0.4, -0.2) is 30.1 Å². The highest BCUT2D eigenvalue weighted by Crippen LogP contribution is 2.32. The van der Waals surface area contributed by atoms with Gasteiger partial charge in [0.25, 0.3) is 0 Å². The topological polar surface area (TPSA) is 71.9 Å². The molecule has 31 heavy (non-hydrogen) atoms. The Labute approximate surface area is 186 Å². The van der Waals surface area contributed by atoms with Gasteiger partial charge in [0, 0.05) is 25.6 Å². The number of allylic oxidation sites excluding steroid dienone is 1. The number of carbonyl (C=O) groups excluding carboxylic acids is 1. The fourth-order valence-corrected chi connectivity index (χ4v) is 3.87. The molecule has 0 spiro atoms. The lowest BCUT2D eigenvalue weighted by Gasteiger charge is -2.24. The minimum absolute atomic E-state index is 0.113. The van der Waals surface area contributed by atoms with E-state index in [1.165, 1.54) is 17.4 Å². The lowest BCUT2D eigenvalue weighted by molar-refractivity contribution is -0.114. The molecule has 0 fully saturated rings.